The minimum atomic E-state index is -0.815. The molecule has 0 heterocycles. The molecule has 0 amide bonds. The zero-order valence-corrected chi connectivity index (χ0v) is 13.0. The van der Waals surface area contributed by atoms with Gasteiger partial charge in [-0.3, -0.25) is 4.79 Å². The second-order valence-corrected chi connectivity index (χ2v) is 5.60. The van der Waals surface area contributed by atoms with E-state index in [1.807, 2.05) is 39.6 Å². The van der Waals surface area contributed by atoms with Gasteiger partial charge >= 0.3 is 5.97 Å². The fourth-order valence-corrected chi connectivity index (χ4v) is 2.51. The van der Waals surface area contributed by atoms with Crippen LogP contribution in [0.2, 0.25) is 0 Å². The van der Waals surface area contributed by atoms with Gasteiger partial charge in [0.25, 0.3) is 0 Å². The molecule has 1 unspecified atom stereocenters. The van der Waals surface area contributed by atoms with Gasteiger partial charge in [0, 0.05) is 13.1 Å². The van der Waals surface area contributed by atoms with Crippen molar-refractivity contribution in [2.45, 2.75) is 40.2 Å². The number of carboxylic acids is 1. The van der Waals surface area contributed by atoms with Crippen molar-refractivity contribution in [2.75, 3.05) is 20.1 Å². The van der Waals surface area contributed by atoms with E-state index < -0.39 is 12.1 Å². The largest absolute Gasteiger partial charge is 0.481 e. The zero-order valence-electron chi connectivity index (χ0n) is 13.0. The maximum absolute atomic E-state index is 10.6. The SMILES string of the molecule is Cc1cc(C)c(C)c(C(O)CN(C)CCC(=O)O)c1C. The van der Waals surface area contributed by atoms with Crippen molar-refractivity contribution in [3.8, 4) is 0 Å². The average molecular weight is 279 g/mol. The maximum atomic E-state index is 10.6. The van der Waals surface area contributed by atoms with Crippen molar-refractivity contribution >= 4 is 5.97 Å². The van der Waals surface area contributed by atoms with Crippen molar-refractivity contribution < 1.29 is 15.0 Å². The summed E-state index contributed by atoms with van der Waals surface area (Å²) in [6.07, 6.45) is -0.499. The van der Waals surface area contributed by atoms with Gasteiger partial charge in [-0.1, -0.05) is 6.07 Å². The molecular formula is C16H25NO3. The Morgan fingerprint density at radius 2 is 1.70 bits per heavy atom. The van der Waals surface area contributed by atoms with Gasteiger partial charge in [0.05, 0.1) is 12.5 Å². The number of carbonyl (C=O) groups is 1. The number of carboxylic acid groups (broad SMARTS) is 1. The van der Waals surface area contributed by atoms with Crippen LogP contribution in [0.5, 0.6) is 0 Å². The van der Waals surface area contributed by atoms with Gasteiger partial charge in [0.15, 0.2) is 0 Å². The van der Waals surface area contributed by atoms with Crippen molar-refractivity contribution in [1.82, 2.24) is 4.90 Å². The molecule has 0 aliphatic rings. The number of nitrogens with zero attached hydrogens (tertiary/aromatic N) is 1. The maximum Gasteiger partial charge on any atom is 0.304 e. The van der Waals surface area contributed by atoms with Crippen LogP contribution in [0.3, 0.4) is 0 Å². The highest BCUT2D eigenvalue weighted by Gasteiger charge is 2.18. The van der Waals surface area contributed by atoms with E-state index in [2.05, 4.69) is 6.07 Å². The Morgan fingerprint density at radius 3 is 2.15 bits per heavy atom. The highest BCUT2D eigenvalue weighted by atomic mass is 16.4. The van der Waals surface area contributed by atoms with Crippen LogP contribution in [0.4, 0.5) is 0 Å². The van der Waals surface area contributed by atoms with Gasteiger partial charge in [0.1, 0.15) is 0 Å². The molecule has 1 rings (SSSR count). The predicted octanol–water partition coefficient (Wildman–Crippen LogP) is 2.36. The lowest BCUT2D eigenvalue weighted by molar-refractivity contribution is -0.137. The number of benzene rings is 1. The second-order valence-electron chi connectivity index (χ2n) is 5.60. The molecule has 4 heteroatoms. The first kappa shape index (κ1) is 16.7. The number of rotatable bonds is 6. The number of aliphatic hydroxyl groups excluding tert-OH is 1. The van der Waals surface area contributed by atoms with Crippen molar-refractivity contribution in [1.29, 1.82) is 0 Å². The van der Waals surface area contributed by atoms with E-state index >= 15 is 0 Å². The minimum Gasteiger partial charge on any atom is -0.481 e. The van der Waals surface area contributed by atoms with Gasteiger partial charge in [-0.25, -0.2) is 0 Å². The van der Waals surface area contributed by atoms with Crippen molar-refractivity contribution in [2.24, 2.45) is 0 Å². The molecule has 0 aliphatic heterocycles. The monoisotopic (exact) mass is 279 g/mol. The highest BCUT2D eigenvalue weighted by Crippen LogP contribution is 2.27. The Labute approximate surface area is 121 Å². The third-order valence-corrected chi connectivity index (χ3v) is 3.95. The van der Waals surface area contributed by atoms with E-state index in [9.17, 15) is 9.90 Å². The Kier molecular flexibility index (Phi) is 5.72. The molecule has 0 fully saturated rings. The van der Waals surface area contributed by atoms with Crippen molar-refractivity contribution in [3.63, 3.8) is 0 Å². The van der Waals surface area contributed by atoms with Gasteiger partial charge in [-0.15, -0.1) is 0 Å². The number of aliphatic hydroxyl groups is 1. The quantitative estimate of drug-likeness (QED) is 0.839. The second kappa shape index (κ2) is 6.86. The first-order valence-electron chi connectivity index (χ1n) is 6.89. The summed E-state index contributed by atoms with van der Waals surface area (Å²) in [6, 6.07) is 2.13. The van der Waals surface area contributed by atoms with Crippen LogP contribution in [0.15, 0.2) is 6.07 Å². The molecule has 0 saturated heterocycles. The van der Waals surface area contributed by atoms with Crippen LogP contribution in [0.1, 0.15) is 40.3 Å². The molecule has 1 atom stereocenters. The van der Waals surface area contributed by atoms with Crippen LogP contribution in [0.25, 0.3) is 0 Å². The Bertz CT molecular complexity index is 471. The average Bonchev–Trinajstić information content (AvgIpc) is 2.34. The molecule has 0 aliphatic carbocycles. The molecule has 20 heavy (non-hydrogen) atoms. The topological polar surface area (TPSA) is 60.8 Å². The lowest BCUT2D eigenvalue weighted by Gasteiger charge is -2.24. The summed E-state index contributed by atoms with van der Waals surface area (Å²) in [5, 5.41) is 19.2. The van der Waals surface area contributed by atoms with Gasteiger partial charge in [-0.2, -0.15) is 0 Å². The molecule has 1 aromatic carbocycles. The molecule has 0 aromatic heterocycles. The highest BCUT2D eigenvalue weighted by molar-refractivity contribution is 5.66. The summed E-state index contributed by atoms with van der Waals surface area (Å²) < 4.78 is 0. The normalized spacial score (nSPS) is 12.8. The van der Waals surface area contributed by atoms with E-state index in [0.717, 1.165) is 16.7 Å². The fourth-order valence-electron chi connectivity index (χ4n) is 2.51. The lowest BCUT2D eigenvalue weighted by Crippen LogP contribution is -2.27. The van der Waals surface area contributed by atoms with Crippen LogP contribution < -0.4 is 0 Å². The Balaban J connectivity index is 2.87. The molecule has 2 N–H and O–H groups in total. The van der Waals surface area contributed by atoms with Crippen molar-refractivity contribution in [3.05, 3.63) is 33.9 Å². The number of hydrogen-bond acceptors (Lipinski definition) is 3. The molecule has 4 nitrogen and oxygen atoms in total. The standard InChI is InChI=1S/C16H25NO3/c1-10-8-11(2)13(4)16(12(10)3)14(18)9-17(5)7-6-15(19)20/h8,14,18H,6-7,9H2,1-5H3,(H,19,20). The van der Waals surface area contributed by atoms with Crippen LogP contribution in [-0.2, 0) is 4.79 Å². The molecule has 0 saturated carbocycles. The number of aliphatic carboxylic acids is 1. The first-order valence-corrected chi connectivity index (χ1v) is 6.89. The Hall–Kier alpha value is -1.39. The molecule has 1 aromatic rings. The number of aryl methyl sites for hydroxylation is 2. The summed E-state index contributed by atoms with van der Waals surface area (Å²) in [5.41, 5.74) is 5.56. The minimum absolute atomic E-state index is 0.0913. The smallest absolute Gasteiger partial charge is 0.304 e. The molecule has 0 spiro atoms. The van der Waals surface area contributed by atoms with Gasteiger partial charge < -0.3 is 15.1 Å². The predicted molar refractivity (Wildman–Crippen MR) is 80.1 cm³/mol. The summed E-state index contributed by atoms with van der Waals surface area (Å²) >= 11 is 0. The van der Waals surface area contributed by atoms with Gasteiger partial charge in [-0.05, 0) is 62.6 Å². The summed E-state index contributed by atoms with van der Waals surface area (Å²) in [6.45, 7) is 9.03. The zero-order chi connectivity index (χ0) is 15.4. The third-order valence-electron chi connectivity index (χ3n) is 3.95. The van der Waals surface area contributed by atoms with Crippen LogP contribution in [0, 0.1) is 27.7 Å². The number of hydrogen-bond donors (Lipinski definition) is 2. The van der Waals surface area contributed by atoms with E-state index in [-0.39, 0.29) is 6.42 Å². The molecule has 0 bridgehead atoms. The number of likely N-dealkylation sites (N-methyl/N-ethyl adjacent to an activating group) is 1. The third kappa shape index (κ3) is 4.05. The van der Waals surface area contributed by atoms with E-state index in [0.29, 0.717) is 13.1 Å². The molecule has 0 radical (unpaired) electrons. The summed E-state index contributed by atoms with van der Waals surface area (Å²) in [7, 11) is 1.83. The van der Waals surface area contributed by atoms with Gasteiger partial charge in [0.2, 0.25) is 0 Å². The fraction of sp³-hybridized carbons (Fsp3) is 0.562. The molecule has 112 valence electrons. The first-order chi connectivity index (χ1) is 9.23. The van der Waals surface area contributed by atoms with E-state index in [4.69, 9.17) is 5.11 Å². The Morgan fingerprint density at radius 1 is 1.20 bits per heavy atom. The van der Waals surface area contributed by atoms with E-state index in [1.54, 1.807) is 0 Å². The summed E-state index contributed by atoms with van der Waals surface area (Å²) in [4.78, 5) is 12.4. The van der Waals surface area contributed by atoms with Crippen LogP contribution in [-0.4, -0.2) is 41.2 Å². The van der Waals surface area contributed by atoms with Crippen LogP contribution >= 0.6 is 0 Å². The summed E-state index contributed by atoms with van der Waals surface area (Å²) in [5.74, 6) is -0.815. The van der Waals surface area contributed by atoms with E-state index in [1.165, 1.54) is 11.1 Å². The molecular weight excluding hydrogens is 254 g/mol. The lowest BCUT2D eigenvalue weighted by atomic mass is 9.91.